The summed E-state index contributed by atoms with van der Waals surface area (Å²) in [6.45, 7) is 7.49. The predicted molar refractivity (Wildman–Crippen MR) is 116 cm³/mol. The highest BCUT2D eigenvalue weighted by Gasteiger charge is 2.04. The van der Waals surface area contributed by atoms with Crippen LogP contribution in [0.4, 0.5) is 0 Å². The van der Waals surface area contributed by atoms with Crippen molar-refractivity contribution < 1.29 is 52.6 Å². The van der Waals surface area contributed by atoms with Crippen LogP contribution in [0.15, 0.2) is 0 Å². The van der Waals surface area contributed by atoms with E-state index in [2.05, 4.69) is 5.32 Å². The second-order valence-electron chi connectivity index (χ2n) is 6.61. The van der Waals surface area contributed by atoms with Crippen molar-refractivity contribution in [1.82, 2.24) is 5.32 Å². The van der Waals surface area contributed by atoms with Crippen LogP contribution in [0.2, 0.25) is 0 Å². The highest BCUT2D eigenvalue weighted by atomic mass is 16.6. The molecule has 0 aromatic heterocycles. The quantitative estimate of drug-likeness (QED) is 0.134. The van der Waals surface area contributed by atoms with Crippen molar-refractivity contribution >= 4 is 17.8 Å². The van der Waals surface area contributed by atoms with Gasteiger partial charge in [-0.1, -0.05) is 0 Å². The summed E-state index contributed by atoms with van der Waals surface area (Å²) in [7, 11) is 0. The monoisotopic (exact) mass is 481 g/mol. The normalized spacial score (nSPS) is 10.8. The molecule has 0 aromatic carbocycles. The van der Waals surface area contributed by atoms with Crippen molar-refractivity contribution in [3.05, 3.63) is 0 Å². The summed E-state index contributed by atoms with van der Waals surface area (Å²) < 4.78 is 36.8. The van der Waals surface area contributed by atoms with E-state index in [1.54, 1.807) is 0 Å². The SMILES string of the molecule is CC(=O)OCCOCCOCCOCCOCCOCCOCCCNC(=O)CCC(=O)O. The van der Waals surface area contributed by atoms with Gasteiger partial charge in [-0.15, -0.1) is 0 Å². The molecule has 1 amide bonds. The summed E-state index contributed by atoms with van der Waals surface area (Å²) in [5, 5.41) is 11.1. The van der Waals surface area contributed by atoms with E-state index in [0.29, 0.717) is 92.2 Å². The number of esters is 1. The van der Waals surface area contributed by atoms with Gasteiger partial charge in [-0.05, 0) is 6.42 Å². The van der Waals surface area contributed by atoms with Crippen molar-refractivity contribution in [2.75, 3.05) is 92.4 Å². The van der Waals surface area contributed by atoms with Crippen LogP contribution in [0.1, 0.15) is 26.2 Å². The lowest BCUT2D eigenvalue weighted by Gasteiger charge is -2.08. The van der Waals surface area contributed by atoms with Crippen LogP contribution in [0, 0.1) is 0 Å². The number of amides is 1. The summed E-state index contributed by atoms with van der Waals surface area (Å²) in [6, 6.07) is 0. The van der Waals surface area contributed by atoms with Crippen molar-refractivity contribution in [2.24, 2.45) is 0 Å². The van der Waals surface area contributed by atoms with E-state index in [9.17, 15) is 14.4 Å². The van der Waals surface area contributed by atoms with Crippen LogP contribution in [-0.4, -0.2) is 115 Å². The van der Waals surface area contributed by atoms with Crippen molar-refractivity contribution in [3.63, 3.8) is 0 Å². The fourth-order valence-corrected chi connectivity index (χ4v) is 2.16. The maximum atomic E-state index is 11.3. The van der Waals surface area contributed by atoms with Gasteiger partial charge >= 0.3 is 11.9 Å². The highest BCUT2D eigenvalue weighted by Crippen LogP contribution is 1.90. The van der Waals surface area contributed by atoms with Crippen molar-refractivity contribution in [2.45, 2.75) is 26.2 Å². The number of carbonyl (C=O) groups excluding carboxylic acids is 2. The van der Waals surface area contributed by atoms with Gasteiger partial charge in [-0.2, -0.15) is 0 Å². The Bertz CT molecular complexity index is 491. The molecule has 0 rings (SSSR count). The highest BCUT2D eigenvalue weighted by molar-refractivity contribution is 5.80. The van der Waals surface area contributed by atoms with Crippen LogP contribution in [0.25, 0.3) is 0 Å². The maximum Gasteiger partial charge on any atom is 0.303 e. The molecule has 0 atom stereocenters. The summed E-state index contributed by atoms with van der Waals surface area (Å²) >= 11 is 0. The summed E-state index contributed by atoms with van der Waals surface area (Å²) in [6.07, 6.45) is 0.480. The average molecular weight is 482 g/mol. The molecule has 33 heavy (non-hydrogen) atoms. The molecule has 0 unspecified atom stereocenters. The van der Waals surface area contributed by atoms with E-state index in [1.165, 1.54) is 6.92 Å². The molecule has 0 saturated carbocycles. The van der Waals surface area contributed by atoms with Gasteiger partial charge in [0.05, 0.1) is 79.1 Å². The molecule has 0 heterocycles. The van der Waals surface area contributed by atoms with Gasteiger partial charge in [0.25, 0.3) is 0 Å². The molecule has 12 heteroatoms. The standard InChI is InChI=1S/C21H39NO11/c1-19(23)33-18-17-32-16-15-31-14-13-30-12-11-29-10-9-28-8-7-27-6-2-5-22-20(24)3-4-21(25)26/h2-18H2,1H3,(H,22,24)(H,25,26). The van der Waals surface area contributed by atoms with Gasteiger partial charge in [0.2, 0.25) is 5.91 Å². The second kappa shape index (κ2) is 24.8. The van der Waals surface area contributed by atoms with E-state index < -0.39 is 5.97 Å². The first kappa shape index (κ1) is 31.2. The number of carboxylic acids is 1. The van der Waals surface area contributed by atoms with Crippen LogP contribution in [-0.2, 0) is 47.5 Å². The molecule has 0 fully saturated rings. The Labute approximate surface area is 195 Å². The Morgan fingerprint density at radius 3 is 1.39 bits per heavy atom. The number of carbonyl (C=O) groups is 3. The first-order chi connectivity index (χ1) is 16.0. The third kappa shape index (κ3) is 28.1. The molecule has 0 aliphatic carbocycles. The molecule has 0 radical (unpaired) electrons. The number of hydrogen-bond acceptors (Lipinski definition) is 10. The van der Waals surface area contributed by atoms with Crippen LogP contribution in [0.3, 0.4) is 0 Å². The smallest absolute Gasteiger partial charge is 0.303 e. The minimum absolute atomic E-state index is 0.00922. The van der Waals surface area contributed by atoms with Crippen LogP contribution in [0.5, 0.6) is 0 Å². The fourth-order valence-electron chi connectivity index (χ4n) is 2.16. The van der Waals surface area contributed by atoms with Gasteiger partial charge in [-0.3, -0.25) is 14.4 Å². The third-order valence-corrected chi connectivity index (χ3v) is 3.75. The fraction of sp³-hybridized carbons (Fsp3) is 0.857. The minimum atomic E-state index is -0.983. The number of carboxylic acid groups (broad SMARTS) is 1. The molecule has 0 aliphatic rings. The minimum Gasteiger partial charge on any atom is -0.481 e. The lowest BCUT2D eigenvalue weighted by molar-refractivity contribution is -0.142. The predicted octanol–water partition coefficient (Wildman–Crippen LogP) is 0.0202. The maximum absolute atomic E-state index is 11.3. The number of hydrogen-bond donors (Lipinski definition) is 2. The van der Waals surface area contributed by atoms with Crippen LogP contribution < -0.4 is 5.32 Å². The van der Waals surface area contributed by atoms with Crippen molar-refractivity contribution in [3.8, 4) is 0 Å². The van der Waals surface area contributed by atoms with Gasteiger partial charge in [0, 0.05) is 26.5 Å². The Morgan fingerprint density at radius 1 is 0.606 bits per heavy atom. The topological polar surface area (TPSA) is 148 Å². The van der Waals surface area contributed by atoms with E-state index in [4.69, 9.17) is 38.3 Å². The van der Waals surface area contributed by atoms with E-state index >= 15 is 0 Å². The van der Waals surface area contributed by atoms with Gasteiger partial charge < -0.3 is 43.6 Å². The lowest BCUT2D eigenvalue weighted by Crippen LogP contribution is -2.25. The number of aliphatic carboxylic acids is 1. The molecule has 0 bridgehead atoms. The lowest BCUT2D eigenvalue weighted by atomic mass is 10.3. The molecule has 194 valence electrons. The van der Waals surface area contributed by atoms with Gasteiger partial charge in [-0.25, -0.2) is 0 Å². The number of ether oxygens (including phenoxy) is 7. The zero-order chi connectivity index (χ0) is 24.4. The molecule has 12 nitrogen and oxygen atoms in total. The van der Waals surface area contributed by atoms with Gasteiger partial charge in [0.1, 0.15) is 6.61 Å². The molecule has 0 aromatic rings. The molecule has 0 saturated heterocycles. The first-order valence-electron chi connectivity index (χ1n) is 11.1. The average Bonchev–Trinajstić information content (AvgIpc) is 2.78. The Hall–Kier alpha value is -1.83. The number of nitrogens with one attached hydrogen (secondary N) is 1. The Kier molecular flexibility index (Phi) is 23.4. The van der Waals surface area contributed by atoms with E-state index in [0.717, 1.165) is 0 Å². The summed E-state index contributed by atoms with van der Waals surface area (Å²) in [5.41, 5.74) is 0. The molecule has 0 spiro atoms. The third-order valence-electron chi connectivity index (χ3n) is 3.75. The van der Waals surface area contributed by atoms with Crippen molar-refractivity contribution in [1.29, 1.82) is 0 Å². The van der Waals surface area contributed by atoms with Gasteiger partial charge in [0.15, 0.2) is 0 Å². The largest absolute Gasteiger partial charge is 0.481 e. The van der Waals surface area contributed by atoms with E-state index in [1.807, 2.05) is 0 Å². The second-order valence-corrected chi connectivity index (χ2v) is 6.61. The number of rotatable bonds is 25. The Balaban J connectivity index is 3.10. The Morgan fingerprint density at radius 2 is 1.00 bits per heavy atom. The zero-order valence-corrected chi connectivity index (χ0v) is 19.6. The summed E-state index contributed by atoms with van der Waals surface area (Å²) in [5.74, 6) is -1.57. The first-order valence-corrected chi connectivity index (χ1v) is 11.1. The van der Waals surface area contributed by atoms with Crippen LogP contribution >= 0.6 is 0 Å². The molecular formula is C21H39NO11. The summed E-state index contributed by atoms with van der Waals surface area (Å²) in [4.78, 5) is 32.2. The van der Waals surface area contributed by atoms with E-state index in [-0.39, 0.29) is 31.3 Å². The molecule has 2 N–H and O–H groups in total. The molecule has 0 aliphatic heterocycles. The molecular weight excluding hydrogens is 442 g/mol. The zero-order valence-electron chi connectivity index (χ0n) is 19.6.